The molecule has 10 heteroatoms. The molecule has 0 atom stereocenters. The molecule has 35 heavy (non-hydrogen) atoms. The number of hydrogen-bond donors (Lipinski definition) is 0. The molecule has 0 radical (unpaired) electrons. The lowest BCUT2D eigenvalue weighted by Gasteiger charge is -2.32. The van der Waals surface area contributed by atoms with Crippen molar-refractivity contribution in [3.8, 4) is 5.75 Å². The Morgan fingerprint density at radius 3 is 2.63 bits per heavy atom. The van der Waals surface area contributed by atoms with E-state index in [2.05, 4.69) is 16.5 Å². The predicted molar refractivity (Wildman–Crippen MR) is 144 cm³/mol. The maximum atomic E-state index is 12.9. The van der Waals surface area contributed by atoms with Crippen molar-refractivity contribution in [2.24, 2.45) is 0 Å². The lowest BCUT2D eigenvalue weighted by molar-refractivity contribution is -0.121. The summed E-state index contributed by atoms with van der Waals surface area (Å²) in [6.45, 7) is 11.1. The molecule has 3 aromatic rings. The highest BCUT2D eigenvalue weighted by atomic mass is 35.5. The summed E-state index contributed by atoms with van der Waals surface area (Å²) in [5.41, 5.74) is 3.78. The fourth-order valence-electron chi connectivity index (χ4n) is 3.78. The van der Waals surface area contributed by atoms with Gasteiger partial charge in [0.15, 0.2) is 5.82 Å². The van der Waals surface area contributed by atoms with Crippen molar-refractivity contribution >= 4 is 48.1 Å². The molecular formula is C25H30Cl3N5O2. The average Bonchev–Trinajstić information content (AvgIpc) is 3.13. The lowest BCUT2D eigenvalue weighted by atomic mass is 10.2. The third-order valence-corrected chi connectivity index (χ3v) is 5.71. The molecule has 1 fully saturated rings. The van der Waals surface area contributed by atoms with Crippen LogP contribution in [0, 0.1) is 6.92 Å². The van der Waals surface area contributed by atoms with Crippen LogP contribution in [0.3, 0.4) is 0 Å². The van der Waals surface area contributed by atoms with Crippen LogP contribution in [-0.4, -0.2) is 51.8 Å². The van der Waals surface area contributed by atoms with Crippen molar-refractivity contribution < 1.29 is 9.53 Å². The van der Waals surface area contributed by atoms with E-state index in [1.165, 1.54) is 0 Å². The molecule has 4 rings (SSSR count). The molecular weight excluding hydrogens is 509 g/mol. The Morgan fingerprint density at radius 1 is 1.14 bits per heavy atom. The summed E-state index contributed by atoms with van der Waals surface area (Å²) in [5.74, 6) is 1.45. The Labute approximate surface area is 223 Å². The van der Waals surface area contributed by atoms with Crippen LogP contribution in [0.5, 0.6) is 5.75 Å². The number of carbonyl (C=O) groups excluding carboxylic acids is 1. The van der Waals surface area contributed by atoms with Gasteiger partial charge in [-0.3, -0.25) is 24.3 Å². The predicted octanol–water partition coefficient (Wildman–Crippen LogP) is 4.94. The number of pyridine rings is 1. The molecule has 1 amide bonds. The molecule has 1 saturated heterocycles. The molecule has 1 aliphatic heterocycles. The number of nitrogens with zero attached hydrogens (tertiary/aromatic N) is 5. The number of anilines is 1. The van der Waals surface area contributed by atoms with E-state index >= 15 is 0 Å². The molecule has 0 spiro atoms. The first kappa shape index (κ1) is 28.7. The van der Waals surface area contributed by atoms with Crippen molar-refractivity contribution in [3.05, 3.63) is 82.8 Å². The third kappa shape index (κ3) is 7.45. The van der Waals surface area contributed by atoms with Crippen LogP contribution in [0.1, 0.15) is 23.9 Å². The van der Waals surface area contributed by atoms with Gasteiger partial charge in [-0.25, -0.2) is 0 Å². The second-order valence-electron chi connectivity index (χ2n) is 8.38. The van der Waals surface area contributed by atoms with Crippen LogP contribution in [0.2, 0.25) is 5.02 Å². The zero-order chi connectivity index (χ0) is 23.4. The molecule has 1 aromatic carbocycles. The van der Waals surface area contributed by atoms with Crippen molar-refractivity contribution in [2.45, 2.75) is 26.9 Å². The van der Waals surface area contributed by atoms with E-state index in [4.69, 9.17) is 21.4 Å². The molecule has 0 bridgehead atoms. The van der Waals surface area contributed by atoms with Gasteiger partial charge in [0.1, 0.15) is 12.4 Å². The minimum absolute atomic E-state index is 0. The Bertz CT molecular complexity index is 1150. The number of amides is 1. The highest BCUT2D eigenvalue weighted by Crippen LogP contribution is 2.26. The minimum Gasteiger partial charge on any atom is -0.489 e. The average molecular weight is 539 g/mol. The van der Waals surface area contributed by atoms with Gasteiger partial charge in [-0.1, -0.05) is 24.2 Å². The van der Waals surface area contributed by atoms with Crippen LogP contribution in [0.25, 0.3) is 0 Å². The summed E-state index contributed by atoms with van der Waals surface area (Å²) in [6.07, 6.45) is 1.78. The first-order valence-electron chi connectivity index (χ1n) is 10.9. The summed E-state index contributed by atoms with van der Waals surface area (Å²) in [4.78, 5) is 21.1. The lowest BCUT2D eigenvalue weighted by Crippen LogP contribution is -2.50. The van der Waals surface area contributed by atoms with E-state index < -0.39 is 0 Å². The van der Waals surface area contributed by atoms with Gasteiger partial charge < -0.3 is 4.74 Å². The van der Waals surface area contributed by atoms with Crippen LogP contribution in [-0.2, 0) is 17.9 Å². The monoisotopic (exact) mass is 537 g/mol. The SMILES string of the molecule is C=C(C)COc1ccc(Cl)cc1Cn1nc(N2CCN(Cc3ccccn3)CC2=O)cc1C.Cl.Cl. The van der Waals surface area contributed by atoms with Crippen molar-refractivity contribution in [1.29, 1.82) is 0 Å². The Kier molecular flexibility index (Phi) is 10.6. The van der Waals surface area contributed by atoms with E-state index in [-0.39, 0.29) is 30.7 Å². The molecule has 188 valence electrons. The van der Waals surface area contributed by atoms with E-state index in [0.717, 1.165) is 34.8 Å². The van der Waals surface area contributed by atoms with Crippen LogP contribution >= 0.6 is 36.4 Å². The normalized spacial score (nSPS) is 13.7. The molecule has 2 aromatic heterocycles. The molecule has 3 heterocycles. The van der Waals surface area contributed by atoms with Gasteiger partial charge in [0.25, 0.3) is 0 Å². The minimum atomic E-state index is 0. The summed E-state index contributed by atoms with van der Waals surface area (Å²) in [7, 11) is 0. The largest absolute Gasteiger partial charge is 0.489 e. The number of aryl methyl sites for hydroxylation is 1. The van der Waals surface area contributed by atoms with Gasteiger partial charge in [-0.05, 0) is 49.8 Å². The van der Waals surface area contributed by atoms with Crippen LogP contribution in [0.15, 0.2) is 60.8 Å². The van der Waals surface area contributed by atoms with E-state index in [0.29, 0.717) is 43.6 Å². The van der Waals surface area contributed by atoms with Gasteiger partial charge in [-0.15, -0.1) is 24.8 Å². The number of aromatic nitrogens is 3. The maximum absolute atomic E-state index is 12.9. The first-order valence-corrected chi connectivity index (χ1v) is 11.3. The van der Waals surface area contributed by atoms with E-state index in [1.807, 2.05) is 61.0 Å². The van der Waals surface area contributed by atoms with Gasteiger partial charge >= 0.3 is 0 Å². The van der Waals surface area contributed by atoms with Gasteiger partial charge in [0.05, 0.1) is 18.8 Å². The molecule has 0 saturated carbocycles. The molecule has 1 aliphatic rings. The van der Waals surface area contributed by atoms with Crippen molar-refractivity contribution in [1.82, 2.24) is 19.7 Å². The zero-order valence-corrected chi connectivity index (χ0v) is 22.2. The topological polar surface area (TPSA) is 63.5 Å². The standard InChI is InChI=1S/C25H28ClN5O2.2ClH/c1-18(2)17-33-23-8-7-21(26)13-20(23)14-31-19(3)12-24(28-31)30-11-10-29(16-25(30)32)15-22-6-4-5-9-27-22;;/h4-9,12-13H,1,10-11,14-17H2,2-3H3;2*1H. The second-order valence-corrected chi connectivity index (χ2v) is 8.81. The summed E-state index contributed by atoms with van der Waals surface area (Å²) in [5, 5.41) is 5.36. The fraction of sp³-hybridized carbons (Fsp3) is 0.320. The van der Waals surface area contributed by atoms with Crippen LogP contribution < -0.4 is 9.64 Å². The Morgan fingerprint density at radius 2 is 1.94 bits per heavy atom. The Balaban J connectivity index is 0.00000216. The summed E-state index contributed by atoms with van der Waals surface area (Å²) >= 11 is 6.24. The van der Waals surface area contributed by atoms with Gasteiger partial charge in [0.2, 0.25) is 5.91 Å². The smallest absolute Gasteiger partial charge is 0.242 e. The van der Waals surface area contributed by atoms with Crippen LogP contribution in [0.4, 0.5) is 5.82 Å². The fourth-order valence-corrected chi connectivity index (χ4v) is 3.97. The highest BCUT2D eigenvalue weighted by molar-refractivity contribution is 6.30. The number of ether oxygens (including phenoxy) is 1. The number of rotatable bonds is 8. The zero-order valence-electron chi connectivity index (χ0n) is 19.8. The molecule has 7 nitrogen and oxygen atoms in total. The maximum Gasteiger partial charge on any atom is 0.242 e. The summed E-state index contributed by atoms with van der Waals surface area (Å²) < 4.78 is 7.77. The van der Waals surface area contributed by atoms with E-state index in [1.54, 1.807) is 11.1 Å². The molecule has 0 unspecified atom stereocenters. The number of halogens is 3. The highest BCUT2D eigenvalue weighted by Gasteiger charge is 2.27. The third-order valence-electron chi connectivity index (χ3n) is 5.47. The van der Waals surface area contributed by atoms with Crippen molar-refractivity contribution in [3.63, 3.8) is 0 Å². The number of piperazine rings is 1. The number of benzene rings is 1. The molecule has 0 N–H and O–H groups in total. The number of hydrogen-bond acceptors (Lipinski definition) is 5. The second kappa shape index (κ2) is 12.9. The molecule has 0 aliphatic carbocycles. The first-order chi connectivity index (χ1) is 15.9. The summed E-state index contributed by atoms with van der Waals surface area (Å²) in [6, 6.07) is 13.3. The van der Waals surface area contributed by atoms with Gasteiger partial charge in [0, 0.05) is 48.2 Å². The van der Waals surface area contributed by atoms with Gasteiger partial charge in [-0.2, -0.15) is 5.10 Å². The quantitative estimate of drug-likeness (QED) is 0.380. The van der Waals surface area contributed by atoms with E-state index in [9.17, 15) is 4.79 Å². The number of carbonyl (C=O) groups is 1. The van der Waals surface area contributed by atoms with Crippen molar-refractivity contribution in [2.75, 3.05) is 31.1 Å². The Hall–Kier alpha value is -2.58.